The Morgan fingerprint density at radius 1 is 1.28 bits per heavy atom. The predicted molar refractivity (Wildman–Crippen MR) is 111 cm³/mol. The van der Waals surface area contributed by atoms with Crippen molar-refractivity contribution in [2.45, 2.75) is 0 Å². The third-order valence-corrected chi connectivity index (χ3v) is 5.82. The molecule has 0 aliphatic carbocycles. The highest BCUT2D eigenvalue weighted by atomic mass is 32.2. The molecule has 0 fully saturated rings. The highest BCUT2D eigenvalue weighted by Crippen LogP contribution is 2.30. The van der Waals surface area contributed by atoms with Gasteiger partial charge in [-0.1, -0.05) is 40.7 Å². The Hall–Kier alpha value is -3.24. The van der Waals surface area contributed by atoms with Crippen molar-refractivity contribution in [3.63, 3.8) is 0 Å². The molecule has 1 amide bonds. The van der Waals surface area contributed by atoms with Crippen LogP contribution < -0.4 is 15.2 Å². The van der Waals surface area contributed by atoms with Gasteiger partial charge in [-0.15, -0.1) is 11.3 Å². The van der Waals surface area contributed by atoms with E-state index in [0.717, 1.165) is 16.6 Å². The molecule has 0 radical (unpaired) electrons. The number of carbonyl (C=O) groups is 2. The Kier molecular flexibility index (Phi) is 5.28. The summed E-state index contributed by atoms with van der Waals surface area (Å²) in [5, 5.41) is 4.61. The first-order valence-corrected chi connectivity index (χ1v) is 10.4. The van der Waals surface area contributed by atoms with Crippen LogP contribution in [0.3, 0.4) is 0 Å². The Labute approximate surface area is 173 Å². The number of thioether (sulfide) groups is 1. The molecule has 29 heavy (non-hydrogen) atoms. The zero-order valence-electron chi connectivity index (χ0n) is 15.2. The Bertz CT molecular complexity index is 1180. The van der Waals surface area contributed by atoms with Gasteiger partial charge in [0.2, 0.25) is 5.78 Å². The molecule has 4 rings (SSSR count). The fourth-order valence-corrected chi connectivity index (χ4v) is 4.27. The number of aliphatic imine (C=N–C) groups is 1. The number of nitrogens with one attached hydrogen (secondary N) is 1. The van der Waals surface area contributed by atoms with Gasteiger partial charge in [0.15, 0.2) is 12.2 Å². The smallest absolute Gasteiger partial charge is 0.286 e. The number of rotatable bonds is 5. The summed E-state index contributed by atoms with van der Waals surface area (Å²) < 4.78 is 5.85. The maximum atomic E-state index is 13.0. The number of thiophene rings is 1. The van der Waals surface area contributed by atoms with E-state index in [4.69, 9.17) is 0 Å². The Morgan fingerprint density at radius 3 is 2.72 bits per heavy atom. The quantitative estimate of drug-likeness (QED) is 0.382. The molecule has 1 N–H and O–H groups in total. The lowest BCUT2D eigenvalue weighted by Gasteiger charge is -2.17. The molecule has 0 unspecified atom stereocenters. The summed E-state index contributed by atoms with van der Waals surface area (Å²) in [6, 6.07) is 12.9. The summed E-state index contributed by atoms with van der Waals surface area (Å²) >= 11 is 2.59. The van der Waals surface area contributed by atoms with Gasteiger partial charge in [-0.3, -0.25) is 19.0 Å². The molecule has 3 heterocycles. The lowest BCUT2D eigenvalue weighted by molar-refractivity contribution is -0.741. The Balaban J connectivity index is 1.63. The van der Waals surface area contributed by atoms with E-state index in [0.29, 0.717) is 10.9 Å². The number of amidine groups is 1. The van der Waals surface area contributed by atoms with E-state index in [1.807, 2.05) is 35.7 Å². The van der Waals surface area contributed by atoms with E-state index in [-0.39, 0.29) is 23.1 Å². The zero-order chi connectivity index (χ0) is 20.4. The summed E-state index contributed by atoms with van der Waals surface area (Å²) in [7, 11) is 1.51. The number of benzene rings is 1. The van der Waals surface area contributed by atoms with Gasteiger partial charge in [0, 0.05) is 4.88 Å². The second kappa shape index (κ2) is 8.02. The van der Waals surface area contributed by atoms with Gasteiger partial charge in [-0.05, 0) is 34.9 Å². The van der Waals surface area contributed by atoms with E-state index in [1.54, 1.807) is 18.2 Å². The maximum Gasteiger partial charge on any atom is 0.438 e. The molecule has 1 aliphatic rings. The molecule has 0 bridgehead atoms. The number of aromatic nitrogens is 2. The summed E-state index contributed by atoms with van der Waals surface area (Å²) in [4.78, 5) is 44.0. The van der Waals surface area contributed by atoms with E-state index in [2.05, 4.69) is 14.8 Å². The first-order chi connectivity index (χ1) is 14.0. The maximum absolute atomic E-state index is 13.0. The van der Waals surface area contributed by atoms with Gasteiger partial charge in [0.25, 0.3) is 5.91 Å². The molecule has 3 aromatic rings. The highest BCUT2D eigenvalue weighted by molar-refractivity contribution is 8.14. The first kappa shape index (κ1) is 19.1. The lowest BCUT2D eigenvalue weighted by atomic mass is 10.3. The minimum Gasteiger partial charge on any atom is -0.286 e. The SMILES string of the molecule is C[n+]1[nH]oc(=O)c1C(=O)CSC1=N/C(=C/c2cccs2)C(=O)N1c1ccccc1. The zero-order valence-corrected chi connectivity index (χ0v) is 16.8. The number of ketones is 1. The second-order valence-electron chi connectivity index (χ2n) is 6.02. The van der Waals surface area contributed by atoms with Crippen molar-refractivity contribution in [1.29, 1.82) is 0 Å². The second-order valence-corrected chi connectivity index (χ2v) is 7.94. The number of aromatic amines is 1. The van der Waals surface area contributed by atoms with Crippen LogP contribution in [-0.2, 0) is 11.8 Å². The number of anilines is 1. The predicted octanol–water partition coefficient (Wildman–Crippen LogP) is 2.21. The van der Waals surface area contributed by atoms with Gasteiger partial charge in [-0.25, -0.2) is 9.79 Å². The summed E-state index contributed by atoms with van der Waals surface area (Å²) in [6.07, 6.45) is 1.72. The molecule has 146 valence electrons. The van der Waals surface area contributed by atoms with Crippen LogP contribution in [0.5, 0.6) is 0 Å². The molecule has 1 aliphatic heterocycles. The van der Waals surface area contributed by atoms with Crippen molar-refractivity contribution >= 4 is 51.7 Å². The van der Waals surface area contributed by atoms with Crippen LogP contribution in [-0.4, -0.2) is 27.9 Å². The van der Waals surface area contributed by atoms with Crippen LogP contribution in [0.1, 0.15) is 15.4 Å². The number of nitrogens with zero attached hydrogens (tertiary/aromatic N) is 3. The Morgan fingerprint density at radius 2 is 2.07 bits per heavy atom. The number of H-pyrrole nitrogens is 1. The van der Waals surface area contributed by atoms with Crippen LogP contribution in [0.4, 0.5) is 5.69 Å². The largest absolute Gasteiger partial charge is 0.438 e. The van der Waals surface area contributed by atoms with Crippen LogP contribution in [0.25, 0.3) is 6.08 Å². The standard InChI is InChI=1S/C19H14N4O4S2/c1-22-16(18(26)27-21-22)15(24)11-29-19-20-14(10-13-8-5-9-28-13)17(25)23(19)12-6-3-2-4-7-12/h2-10H,11H2,1H3/p+1/b14-10+. The topological polar surface area (TPSA) is 99.6 Å². The van der Waals surface area contributed by atoms with Gasteiger partial charge in [0.05, 0.1) is 11.4 Å². The van der Waals surface area contributed by atoms with Crippen molar-refractivity contribution in [3.8, 4) is 0 Å². The molecule has 0 saturated carbocycles. The number of aryl methyl sites for hydroxylation is 1. The molecule has 10 heteroatoms. The number of hydrogen-bond donors (Lipinski definition) is 1. The molecule has 8 nitrogen and oxygen atoms in total. The van der Waals surface area contributed by atoms with Gasteiger partial charge < -0.3 is 0 Å². The van der Waals surface area contributed by atoms with E-state index >= 15 is 0 Å². The molecular formula is C19H15N4O4S2+. The molecule has 0 spiro atoms. The van der Waals surface area contributed by atoms with Crippen molar-refractivity contribution in [2.75, 3.05) is 10.7 Å². The third-order valence-electron chi connectivity index (χ3n) is 4.07. The van der Waals surface area contributed by atoms with Crippen LogP contribution in [0, 0.1) is 0 Å². The normalized spacial score (nSPS) is 15.2. The number of para-hydroxylation sites is 1. The van der Waals surface area contributed by atoms with Crippen molar-refractivity contribution in [3.05, 3.63) is 74.5 Å². The van der Waals surface area contributed by atoms with Gasteiger partial charge >= 0.3 is 11.3 Å². The molecule has 0 atom stereocenters. The fourth-order valence-electron chi connectivity index (χ4n) is 2.75. The van der Waals surface area contributed by atoms with Crippen molar-refractivity contribution < 1.29 is 18.8 Å². The number of carbonyl (C=O) groups excluding carboxylic acids is 2. The summed E-state index contributed by atoms with van der Waals surface area (Å²) in [5.41, 5.74) is 0.110. The van der Waals surface area contributed by atoms with Gasteiger partial charge in [0.1, 0.15) is 5.70 Å². The van der Waals surface area contributed by atoms with Crippen molar-refractivity contribution in [2.24, 2.45) is 12.0 Å². The monoisotopic (exact) mass is 427 g/mol. The molecule has 1 aromatic carbocycles. The van der Waals surface area contributed by atoms with E-state index in [9.17, 15) is 14.4 Å². The lowest BCUT2D eigenvalue weighted by Crippen LogP contribution is -2.40. The van der Waals surface area contributed by atoms with E-state index in [1.165, 1.54) is 28.0 Å². The minimum atomic E-state index is -0.735. The van der Waals surface area contributed by atoms with Crippen LogP contribution in [0.15, 0.2) is 67.9 Å². The average molecular weight is 427 g/mol. The first-order valence-electron chi connectivity index (χ1n) is 8.51. The summed E-state index contributed by atoms with van der Waals surface area (Å²) in [6.45, 7) is 0. The molecule has 0 saturated heterocycles. The minimum absolute atomic E-state index is 0.0712. The molecule has 2 aromatic heterocycles. The fraction of sp³-hybridized carbons (Fsp3) is 0.105. The number of hydrogen-bond acceptors (Lipinski definition) is 7. The van der Waals surface area contributed by atoms with Crippen LogP contribution in [0.2, 0.25) is 0 Å². The van der Waals surface area contributed by atoms with Gasteiger partial charge in [-0.2, -0.15) is 0 Å². The third kappa shape index (κ3) is 3.84. The van der Waals surface area contributed by atoms with Crippen LogP contribution >= 0.6 is 23.1 Å². The number of Topliss-reactive ketones (excluding diaryl/α,β-unsaturated/α-hetero) is 1. The average Bonchev–Trinajstić information content (AvgIpc) is 3.42. The number of amides is 1. The highest BCUT2D eigenvalue weighted by Gasteiger charge is 2.34. The van der Waals surface area contributed by atoms with E-state index < -0.39 is 11.4 Å². The molecular weight excluding hydrogens is 412 g/mol. The van der Waals surface area contributed by atoms with Crippen molar-refractivity contribution in [1.82, 2.24) is 5.27 Å². The summed E-state index contributed by atoms with van der Waals surface area (Å²) in [5.74, 6) is -0.768.